The first-order valence-electron chi connectivity index (χ1n) is 4.18. The van der Waals surface area contributed by atoms with Crippen LogP contribution in [0.25, 0.3) is 0 Å². The lowest BCUT2D eigenvalue weighted by Gasteiger charge is -2.19. The van der Waals surface area contributed by atoms with Gasteiger partial charge < -0.3 is 10.8 Å². The van der Waals surface area contributed by atoms with Gasteiger partial charge in [-0.15, -0.1) is 11.3 Å². The summed E-state index contributed by atoms with van der Waals surface area (Å²) in [6, 6.07) is 2.16. The second-order valence-corrected chi connectivity index (χ2v) is 4.70. The molecule has 66 valence electrons. The molecule has 2 rings (SSSR count). The lowest BCUT2D eigenvalue weighted by Crippen LogP contribution is -2.31. The molecule has 3 heteroatoms. The Hall–Kier alpha value is -0.380. The number of nitrogens with two attached hydrogens (primary N) is 1. The van der Waals surface area contributed by atoms with Gasteiger partial charge >= 0.3 is 0 Å². The van der Waals surface area contributed by atoms with E-state index in [9.17, 15) is 5.11 Å². The number of hydrogen-bond acceptors (Lipinski definition) is 3. The zero-order chi connectivity index (χ0) is 8.77. The normalized spacial score (nSPS) is 27.6. The zero-order valence-electron chi connectivity index (χ0n) is 7.13. The second-order valence-electron chi connectivity index (χ2n) is 3.45. The first kappa shape index (κ1) is 8.23. The molecule has 0 spiro atoms. The molecule has 1 atom stereocenters. The third-order valence-corrected chi connectivity index (χ3v) is 3.79. The van der Waals surface area contributed by atoms with Crippen LogP contribution >= 0.6 is 11.3 Å². The maximum absolute atomic E-state index is 10.1. The highest BCUT2D eigenvalue weighted by Crippen LogP contribution is 2.41. The molecule has 1 aromatic heterocycles. The molecule has 0 fully saturated rings. The van der Waals surface area contributed by atoms with Gasteiger partial charge in [0.05, 0.1) is 0 Å². The maximum Gasteiger partial charge on any atom is 0.111 e. The van der Waals surface area contributed by atoms with E-state index in [2.05, 4.69) is 13.0 Å². The van der Waals surface area contributed by atoms with Gasteiger partial charge in [-0.3, -0.25) is 0 Å². The van der Waals surface area contributed by atoms with Crippen molar-refractivity contribution < 1.29 is 5.11 Å². The number of fused-ring (bicyclic) bond motifs is 1. The molecule has 2 nitrogen and oxygen atoms in total. The molecular formula is C9H13NOS. The van der Waals surface area contributed by atoms with Gasteiger partial charge in [0.15, 0.2) is 0 Å². The Morgan fingerprint density at radius 2 is 2.50 bits per heavy atom. The number of aryl methyl sites for hydroxylation is 2. The van der Waals surface area contributed by atoms with Crippen LogP contribution in [0.2, 0.25) is 0 Å². The van der Waals surface area contributed by atoms with Crippen molar-refractivity contribution in [3.8, 4) is 0 Å². The third kappa shape index (κ3) is 1.01. The van der Waals surface area contributed by atoms with E-state index < -0.39 is 5.60 Å². The van der Waals surface area contributed by atoms with Crippen molar-refractivity contribution in [2.75, 3.05) is 6.54 Å². The van der Waals surface area contributed by atoms with E-state index in [0.717, 1.165) is 17.7 Å². The predicted octanol–water partition coefficient (Wildman–Crippen LogP) is 1.15. The molecule has 12 heavy (non-hydrogen) atoms. The van der Waals surface area contributed by atoms with Crippen molar-refractivity contribution in [3.63, 3.8) is 0 Å². The van der Waals surface area contributed by atoms with E-state index in [1.54, 1.807) is 11.3 Å². The summed E-state index contributed by atoms with van der Waals surface area (Å²) >= 11 is 1.68. The first-order chi connectivity index (χ1) is 5.65. The van der Waals surface area contributed by atoms with Crippen LogP contribution in [0.1, 0.15) is 21.7 Å². The van der Waals surface area contributed by atoms with Crippen molar-refractivity contribution in [2.45, 2.75) is 25.4 Å². The quantitative estimate of drug-likeness (QED) is 0.686. The van der Waals surface area contributed by atoms with Crippen molar-refractivity contribution in [1.82, 2.24) is 0 Å². The molecule has 1 heterocycles. The van der Waals surface area contributed by atoms with Crippen molar-refractivity contribution in [1.29, 1.82) is 0 Å². The molecule has 1 aromatic rings. The van der Waals surface area contributed by atoms with Gasteiger partial charge in [-0.1, -0.05) is 0 Å². The Bertz CT molecular complexity index is 307. The average Bonchev–Trinajstić information content (AvgIpc) is 2.53. The Morgan fingerprint density at radius 3 is 3.17 bits per heavy atom. The third-order valence-electron chi connectivity index (χ3n) is 2.50. The van der Waals surface area contributed by atoms with E-state index in [1.807, 2.05) is 0 Å². The molecule has 1 unspecified atom stereocenters. The van der Waals surface area contributed by atoms with Crippen LogP contribution in [0.4, 0.5) is 0 Å². The summed E-state index contributed by atoms with van der Waals surface area (Å²) in [5.74, 6) is 0. The molecular weight excluding hydrogens is 170 g/mol. The van der Waals surface area contributed by atoms with Gasteiger partial charge in [-0.25, -0.2) is 0 Å². The fourth-order valence-electron chi connectivity index (χ4n) is 1.80. The van der Waals surface area contributed by atoms with Crippen LogP contribution in [0.5, 0.6) is 0 Å². The summed E-state index contributed by atoms with van der Waals surface area (Å²) in [6.45, 7) is 2.42. The van der Waals surface area contributed by atoms with E-state index in [4.69, 9.17) is 5.73 Å². The van der Waals surface area contributed by atoms with E-state index in [-0.39, 0.29) is 0 Å². The molecule has 0 saturated heterocycles. The Balaban J connectivity index is 2.47. The number of aliphatic hydroxyl groups is 1. The molecule has 0 saturated carbocycles. The largest absolute Gasteiger partial charge is 0.383 e. The molecule has 0 bridgehead atoms. The highest BCUT2D eigenvalue weighted by molar-refractivity contribution is 7.12. The Labute approximate surface area is 76.0 Å². The van der Waals surface area contributed by atoms with Crippen molar-refractivity contribution >= 4 is 11.3 Å². The number of thiophene rings is 1. The van der Waals surface area contributed by atoms with Gasteiger partial charge in [-0.05, 0) is 31.4 Å². The fraction of sp³-hybridized carbons (Fsp3) is 0.556. The number of hydrogen-bond donors (Lipinski definition) is 2. The molecule has 1 aliphatic carbocycles. The highest BCUT2D eigenvalue weighted by atomic mass is 32.1. The minimum Gasteiger partial charge on any atom is -0.383 e. The highest BCUT2D eigenvalue weighted by Gasteiger charge is 2.36. The summed E-state index contributed by atoms with van der Waals surface area (Å²) in [6.07, 6.45) is 1.78. The molecule has 1 aliphatic rings. The first-order valence-corrected chi connectivity index (χ1v) is 4.99. The van der Waals surface area contributed by atoms with Gasteiger partial charge in [0.2, 0.25) is 0 Å². The zero-order valence-corrected chi connectivity index (χ0v) is 7.95. The fourth-order valence-corrected chi connectivity index (χ4v) is 2.99. The minimum absolute atomic E-state index is 0.347. The van der Waals surface area contributed by atoms with Gasteiger partial charge in [0.25, 0.3) is 0 Å². The summed E-state index contributed by atoms with van der Waals surface area (Å²) in [5, 5.41) is 10.1. The summed E-state index contributed by atoms with van der Waals surface area (Å²) in [4.78, 5) is 2.37. The van der Waals surface area contributed by atoms with Gasteiger partial charge in [0, 0.05) is 16.3 Å². The monoisotopic (exact) mass is 183 g/mol. The average molecular weight is 183 g/mol. The van der Waals surface area contributed by atoms with Crippen LogP contribution < -0.4 is 5.73 Å². The predicted molar refractivity (Wildman–Crippen MR) is 50.3 cm³/mol. The topological polar surface area (TPSA) is 46.2 Å². The number of rotatable bonds is 1. The molecule has 0 radical (unpaired) electrons. The van der Waals surface area contributed by atoms with E-state index in [1.165, 1.54) is 10.4 Å². The molecule has 3 N–H and O–H groups in total. The second kappa shape index (κ2) is 2.55. The lowest BCUT2D eigenvalue weighted by molar-refractivity contribution is 0.0514. The summed E-state index contributed by atoms with van der Waals surface area (Å²) in [5.41, 5.74) is 6.13. The Kier molecular flexibility index (Phi) is 1.75. The van der Waals surface area contributed by atoms with Crippen LogP contribution in [-0.2, 0) is 12.0 Å². The van der Waals surface area contributed by atoms with E-state index in [0.29, 0.717) is 6.54 Å². The van der Waals surface area contributed by atoms with E-state index >= 15 is 0 Å². The van der Waals surface area contributed by atoms with Gasteiger partial charge in [0.1, 0.15) is 5.60 Å². The van der Waals surface area contributed by atoms with Crippen LogP contribution in [0, 0.1) is 6.92 Å². The molecule has 0 amide bonds. The molecule has 0 aromatic carbocycles. The van der Waals surface area contributed by atoms with Gasteiger partial charge in [-0.2, -0.15) is 0 Å². The van der Waals surface area contributed by atoms with Crippen molar-refractivity contribution in [3.05, 3.63) is 21.4 Å². The lowest BCUT2D eigenvalue weighted by atomic mass is 10.0. The van der Waals surface area contributed by atoms with Crippen molar-refractivity contribution in [2.24, 2.45) is 5.73 Å². The Morgan fingerprint density at radius 1 is 1.75 bits per heavy atom. The van der Waals surface area contributed by atoms with Crippen LogP contribution in [0.3, 0.4) is 0 Å². The SMILES string of the molecule is Cc1cc2c(s1)C(O)(CN)CC2. The molecule has 0 aliphatic heterocycles. The van der Waals surface area contributed by atoms with Crippen LogP contribution in [0.15, 0.2) is 6.07 Å². The summed E-state index contributed by atoms with van der Waals surface area (Å²) in [7, 11) is 0. The minimum atomic E-state index is -0.714. The maximum atomic E-state index is 10.1. The van der Waals surface area contributed by atoms with Crippen LogP contribution in [-0.4, -0.2) is 11.7 Å². The summed E-state index contributed by atoms with van der Waals surface area (Å²) < 4.78 is 0. The standard InChI is InChI=1S/C9H13NOS/c1-6-4-7-2-3-9(11,5-10)8(7)12-6/h4,11H,2-3,5,10H2,1H3. The smallest absolute Gasteiger partial charge is 0.111 e.